The van der Waals surface area contributed by atoms with Gasteiger partial charge in [0.2, 0.25) is 0 Å². The van der Waals surface area contributed by atoms with Crippen LogP contribution in [0.4, 0.5) is 0 Å². The summed E-state index contributed by atoms with van der Waals surface area (Å²) in [4.78, 5) is 18.8. The molecule has 0 atom stereocenters. The molecule has 21 heavy (non-hydrogen) atoms. The average Bonchev–Trinajstić information content (AvgIpc) is 2.47. The van der Waals surface area contributed by atoms with E-state index in [1.165, 1.54) is 12.1 Å². The molecule has 2 rings (SSSR count). The number of aryl methyl sites for hydroxylation is 1. The number of pyridine rings is 1. The molecule has 2 aromatic rings. The Labute approximate surface area is 125 Å². The SMILES string of the molecule is CCN(CC(=O)c1ccc(O)cc1)Cc1cccc(C)n1. The summed E-state index contributed by atoms with van der Waals surface area (Å²) in [6.45, 7) is 5.76. The molecule has 0 saturated heterocycles. The van der Waals surface area contributed by atoms with Gasteiger partial charge in [0.15, 0.2) is 5.78 Å². The molecule has 0 aliphatic heterocycles. The first-order chi connectivity index (χ1) is 10.1. The van der Waals surface area contributed by atoms with E-state index in [1.54, 1.807) is 12.1 Å². The Morgan fingerprint density at radius 2 is 1.90 bits per heavy atom. The fraction of sp³-hybridized carbons (Fsp3) is 0.294. The molecular formula is C17H20N2O2. The molecule has 1 aromatic heterocycles. The Balaban J connectivity index is 2.01. The predicted octanol–water partition coefficient (Wildman–Crippen LogP) is 2.80. The van der Waals surface area contributed by atoms with Crippen LogP contribution in [0.5, 0.6) is 5.75 Å². The molecule has 1 N–H and O–H groups in total. The molecule has 0 aliphatic carbocycles. The van der Waals surface area contributed by atoms with Crippen molar-refractivity contribution in [2.24, 2.45) is 0 Å². The molecule has 110 valence electrons. The normalized spacial score (nSPS) is 10.8. The second-order valence-corrected chi connectivity index (χ2v) is 5.04. The van der Waals surface area contributed by atoms with E-state index in [-0.39, 0.29) is 11.5 Å². The van der Waals surface area contributed by atoms with E-state index < -0.39 is 0 Å². The lowest BCUT2D eigenvalue weighted by molar-refractivity contribution is 0.0929. The van der Waals surface area contributed by atoms with Gasteiger partial charge in [-0.1, -0.05) is 13.0 Å². The van der Waals surface area contributed by atoms with Crippen molar-refractivity contribution in [3.63, 3.8) is 0 Å². The third-order valence-electron chi connectivity index (χ3n) is 3.34. The predicted molar refractivity (Wildman–Crippen MR) is 82.4 cm³/mol. The maximum atomic E-state index is 12.2. The zero-order valence-corrected chi connectivity index (χ0v) is 12.4. The Morgan fingerprint density at radius 3 is 2.52 bits per heavy atom. The van der Waals surface area contributed by atoms with Crippen LogP contribution < -0.4 is 0 Å². The van der Waals surface area contributed by atoms with Crippen LogP contribution in [-0.2, 0) is 6.54 Å². The van der Waals surface area contributed by atoms with E-state index in [0.717, 1.165) is 17.9 Å². The summed E-state index contributed by atoms with van der Waals surface area (Å²) < 4.78 is 0. The van der Waals surface area contributed by atoms with Gasteiger partial charge in [-0.05, 0) is 49.9 Å². The van der Waals surface area contributed by atoms with E-state index in [1.807, 2.05) is 32.0 Å². The van der Waals surface area contributed by atoms with Crippen LogP contribution in [0.2, 0.25) is 0 Å². The van der Waals surface area contributed by atoms with Crippen LogP contribution in [0, 0.1) is 6.92 Å². The fourth-order valence-corrected chi connectivity index (χ4v) is 2.14. The summed E-state index contributed by atoms with van der Waals surface area (Å²) in [5.74, 6) is 0.215. The number of benzene rings is 1. The number of phenols is 1. The van der Waals surface area contributed by atoms with Gasteiger partial charge in [-0.25, -0.2) is 0 Å². The number of hydrogen-bond donors (Lipinski definition) is 1. The van der Waals surface area contributed by atoms with Gasteiger partial charge < -0.3 is 5.11 Å². The molecule has 0 saturated carbocycles. The van der Waals surface area contributed by atoms with Gasteiger partial charge in [0.05, 0.1) is 12.2 Å². The van der Waals surface area contributed by atoms with Gasteiger partial charge in [0.25, 0.3) is 0 Å². The van der Waals surface area contributed by atoms with E-state index in [0.29, 0.717) is 18.7 Å². The molecule has 0 aliphatic rings. The molecule has 0 spiro atoms. The molecule has 1 aromatic carbocycles. The first kappa shape index (κ1) is 15.2. The number of carbonyl (C=O) groups is 1. The number of hydrogen-bond acceptors (Lipinski definition) is 4. The molecule has 0 bridgehead atoms. The first-order valence-corrected chi connectivity index (χ1v) is 7.05. The zero-order chi connectivity index (χ0) is 15.2. The van der Waals surface area contributed by atoms with Gasteiger partial charge in [0.1, 0.15) is 5.75 Å². The lowest BCUT2D eigenvalue weighted by Crippen LogP contribution is -2.29. The van der Waals surface area contributed by atoms with Gasteiger partial charge in [-0.3, -0.25) is 14.7 Å². The van der Waals surface area contributed by atoms with Crippen LogP contribution in [0.15, 0.2) is 42.5 Å². The van der Waals surface area contributed by atoms with Crippen molar-refractivity contribution in [1.29, 1.82) is 0 Å². The van der Waals surface area contributed by atoms with Crippen LogP contribution in [-0.4, -0.2) is 33.9 Å². The zero-order valence-electron chi connectivity index (χ0n) is 12.4. The minimum Gasteiger partial charge on any atom is -0.508 e. The molecule has 4 heteroatoms. The second kappa shape index (κ2) is 6.99. The third-order valence-corrected chi connectivity index (χ3v) is 3.34. The van der Waals surface area contributed by atoms with Crippen molar-refractivity contribution in [2.45, 2.75) is 20.4 Å². The number of aromatic nitrogens is 1. The number of likely N-dealkylation sites (N-methyl/N-ethyl adjacent to an activating group) is 1. The molecule has 0 fully saturated rings. The standard InChI is InChI=1S/C17H20N2O2/c1-3-19(11-15-6-4-5-13(2)18-15)12-17(21)14-7-9-16(20)10-8-14/h4-10,20H,3,11-12H2,1-2H3. The lowest BCUT2D eigenvalue weighted by atomic mass is 10.1. The van der Waals surface area contributed by atoms with Crippen LogP contribution in [0.3, 0.4) is 0 Å². The van der Waals surface area contributed by atoms with Gasteiger partial charge in [-0.15, -0.1) is 0 Å². The highest BCUT2D eigenvalue weighted by molar-refractivity contribution is 5.97. The summed E-state index contributed by atoms with van der Waals surface area (Å²) in [7, 11) is 0. The molecule has 0 amide bonds. The maximum absolute atomic E-state index is 12.2. The summed E-state index contributed by atoms with van der Waals surface area (Å²) >= 11 is 0. The minimum absolute atomic E-state index is 0.0458. The number of aromatic hydroxyl groups is 1. The molecular weight excluding hydrogens is 264 g/mol. The van der Waals surface area contributed by atoms with E-state index in [2.05, 4.69) is 9.88 Å². The summed E-state index contributed by atoms with van der Waals surface area (Å²) in [6, 6.07) is 12.3. The van der Waals surface area contributed by atoms with E-state index in [4.69, 9.17) is 0 Å². The summed E-state index contributed by atoms with van der Waals surface area (Å²) in [6.07, 6.45) is 0. The molecule has 4 nitrogen and oxygen atoms in total. The fourth-order valence-electron chi connectivity index (χ4n) is 2.14. The number of Topliss-reactive ketones (excluding diaryl/α,β-unsaturated/α-hetero) is 1. The highest BCUT2D eigenvalue weighted by atomic mass is 16.3. The monoisotopic (exact) mass is 284 g/mol. The Bertz CT molecular complexity index is 608. The van der Waals surface area contributed by atoms with Crippen LogP contribution in [0.1, 0.15) is 28.7 Å². The second-order valence-electron chi connectivity index (χ2n) is 5.04. The van der Waals surface area contributed by atoms with Crippen molar-refractivity contribution >= 4 is 5.78 Å². The van der Waals surface area contributed by atoms with Crippen molar-refractivity contribution in [2.75, 3.05) is 13.1 Å². The lowest BCUT2D eigenvalue weighted by Gasteiger charge is -2.19. The molecule has 1 heterocycles. The molecule has 0 radical (unpaired) electrons. The van der Waals surface area contributed by atoms with Crippen molar-refractivity contribution in [3.05, 3.63) is 59.4 Å². The quantitative estimate of drug-likeness (QED) is 0.829. The first-order valence-electron chi connectivity index (χ1n) is 7.05. The molecule has 0 unspecified atom stereocenters. The highest BCUT2D eigenvalue weighted by Gasteiger charge is 2.12. The Morgan fingerprint density at radius 1 is 1.19 bits per heavy atom. The summed E-state index contributed by atoms with van der Waals surface area (Å²) in [5.41, 5.74) is 2.56. The number of phenolic OH excluding ortho intramolecular Hbond substituents is 1. The number of carbonyl (C=O) groups excluding carboxylic acids is 1. The van der Waals surface area contributed by atoms with Gasteiger partial charge in [0, 0.05) is 17.8 Å². The van der Waals surface area contributed by atoms with Crippen molar-refractivity contribution in [3.8, 4) is 5.75 Å². The Hall–Kier alpha value is -2.20. The van der Waals surface area contributed by atoms with Crippen LogP contribution >= 0.6 is 0 Å². The summed E-state index contributed by atoms with van der Waals surface area (Å²) in [5, 5.41) is 9.26. The number of nitrogens with zero attached hydrogens (tertiary/aromatic N) is 2. The van der Waals surface area contributed by atoms with Crippen LogP contribution in [0.25, 0.3) is 0 Å². The minimum atomic E-state index is 0.0458. The van der Waals surface area contributed by atoms with Gasteiger partial charge >= 0.3 is 0 Å². The number of rotatable bonds is 6. The van der Waals surface area contributed by atoms with E-state index in [9.17, 15) is 9.90 Å². The largest absolute Gasteiger partial charge is 0.508 e. The Kier molecular flexibility index (Phi) is 5.06. The number of ketones is 1. The highest BCUT2D eigenvalue weighted by Crippen LogP contribution is 2.11. The van der Waals surface area contributed by atoms with Crippen molar-refractivity contribution in [1.82, 2.24) is 9.88 Å². The van der Waals surface area contributed by atoms with Crippen molar-refractivity contribution < 1.29 is 9.90 Å². The topological polar surface area (TPSA) is 53.4 Å². The smallest absolute Gasteiger partial charge is 0.176 e. The average molecular weight is 284 g/mol. The van der Waals surface area contributed by atoms with E-state index >= 15 is 0 Å². The van der Waals surface area contributed by atoms with Gasteiger partial charge in [-0.2, -0.15) is 0 Å². The maximum Gasteiger partial charge on any atom is 0.176 e. The third kappa shape index (κ3) is 4.39.